The van der Waals surface area contributed by atoms with Crippen LogP contribution >= 0.6 is 11.3 Å². The van der Waals surface area contributed by atoms with Gasteiger partial charge in [0, 0.05) is 16.9 Å². The van der Waals surface area contributed by atoms with Crippen molar-refractivity contribution in [1.82, 2.24) is 4.90 Å². The fraction of sp³-hybridized carbons (Fsp3) is 0.348. The molecule has 1 aromatic heterocycles. The summed E-state index contributed by atoms with van der Waals surface area (Å²) in [5, 5.41) is 6.58. The maximum atomic E-state index is 11.5. The molecule has 2 aliphatic heterocycles. The van der Waals surface area contributed by atoms with Crippen molar-refractivity contribution in [2.45, 2.75) is 31.6 Å². The van der Waals surface area contributed by atoms with Gasteiger partial charge in [-0.15, -0.1) is 11.3 Å². The number of carbonyl (C=O) groups excluding carboxylic acids is 1. The standard InChI is InChI=1S/C23H24N2OS/c26-23-15-18-14-16(4-5-21(18)24-23)6-10-25-11-7-17(8-12-25)19-2-1-3-22-20(19)9-13-27-22/h1-5,9,13-14,17H,6-8,10-12,15H2,(H,24,26). The molecule has 1 N–H and O–H groups in total. The van der Waals surface area contributed by atoms with Crippen molar-refractivity contribution >= 4 is 33.0 Å². The van der Waals surface area contributed by atoms with Crippen molar-refractivity contribution in [3.8, 4) is 0 Å². The summed E-state index contributed by atoms with van der Waals surface area (Å²) in [6, 6.07) is 15.5. The van der Waals surface area contributed by atoms with Crippen molar-refractivity contribution in [2.24, 2.45) is 0 Å². The molecule has 3 nitrogen and oxygen atoms in total. The van der Waals surface area contributed by atoms with Gasteiger partial charge in [0.05, 0.1) is 6.42 Å². The number of amides is 1. The van der Waals surface area contributed by atoms with E-state index in [0.717, 1.165) is 24.2 Å². The van der Waals surface area contributed by atoms with Crippen LogP contribution in [0.3, 0.4) is 0 Å². The molecular weight excluding hydrogens is 352 g/mol. The number of hydrogen-bond acceptors (Lipinski definition) is 3. The average Bonchev–Trinajstić information content (AvgIpc) is 3.31. The van der Waals surface area contributed by atoms with Crippen LogP contribution in [0, 0.1) is 0 Å². The zero-order chi connectivity index (χ0) is 18.2. The van der Waals surface area contributed by atoms with E-state index in [1.807, 2.05) is 11.3 Å². The van der Waals surface area contributed by atoms with Gasteiger partial charge in [-0.25, -0.2) is 0 Å². The summed E-state index contributed by atoms with van der Waals surface area (Å²) in [6.07, 6.45) is 4.09. The number of fused-ring (bicyclic) bond motifs is 2. The quantitative estimate of drug-likeness (QED) is 0.708. The molecule has 0 unspecified atom stereocenters. The highest BCUT2D eigenvalue weighted by Crippen LogP contribution is 2.35. The third-order valence-electron chi connectivity index (χ3n) is 6.07. The first-order valence-electron chi connectivity index (χ1n) is 9.86. The van der Waals surface area contributed by atoms with Gasteiger partial charge in [-0.1, -0.05) is 24.3 Å². The van der Waals surface area contributed by atoms with E-state index in [9.17, 15) is 4.79 Å². The Hall–Kier alpha value is -2.17. The van der Waals surface area contributed by atoms with Gasteiger partial charge in [0.15, 0.2) is 0 Å². The van der Waals surface area contributed by atoms with Crippen LogP contribution in [0.5, 0.6) is 0 Å². The van der Waals surface area contributed by atoms with Crippen molar-refractivity contribution < 1.29 is 4.79 Å². The molecule has 3 heterocycles. The molecule has 1 saturated heterocycles. The van der Waals surface area contributed by atoms with E-state index in [1.165, 1.54) is 41.6 Å². The first kappa shape index (κ1) is 17.0. The maximum absolute atomic E-state index is 11.5. The van der Waals surface area contributed by atoms with Gasteiger partial charge in [-0.05, 0) is 83.9 Å². The molecule has 0 saturated carbocycles. The first-order valence-corrected chi connectivity index (χ1v) is 10.7. The predicted molar refractivity (Wildman–Crippen MR) is 113 cm³/mol. The Balaban J connectivity index is 1.19. The zero-order valence-corrected chi connectivity index (χ0v) is 16.2. The smallest absolute Gasteiger partial charge is 0.228 e. The van der Waals surface area contributed by atoms with E-state index in [4.69, 9.17) is 0 Å². The van der Waals surface area contributed by atoms with E-state index in [-0.39, 0.29) is 5.91 Å². The van der Waals surface area contributed by atoms with Gasteiger partial charge in [-0.2, -0.15) is 0 Å². The van der Waals surface area contributed by atoms with Gasteiger partial charge in [-0.3, -0.25) is 4.79 Å². The van der Waals surface area contributed by atoms with Crippen LogP contribution in [0.25, 0.3) is 10.1 Å². The highest BCUT2D eigenvalue weighted by Gasteiger charge is 2.22. The number of benzene rings is 2. The molecule has 2 aromatic carbocycles. The number of nitrogens with one attached hydrogen (secondary N) is 1. The number of rotatable bonds is 4. The molecule has 0 atom stereocenters. The van der Waals surface area contributed by atoms with Crippen molar-refractivity contribution in [1.29, 1.82) is 0 Å². The zero-order valence-electron chi connectivity index (χ0n) is 15.4. The van der Waals surface area contributed by atoms with Crippen LogP contribution in [0.1, 0.15) is 35.4 Å². The fourth-order valence-electron chi connectivity index (χ4n) is 4.57. The summed E-state index contributed by atoms with van der Waals surface area (Å²) in [5.41, 5.74) is 5.03. The number of thiophene rings is 1. The third kappa shape index (κ3) is 3.40. The van der Waals surface area contributed by atoms with Crippen LogP contribution in [0.15, 0.2) is 47.8 Å². The largest absolute Gasteiger partial charge is 0.326 e. The molecule has 138 valence electrons. The molecule has 0 bridgehead atoms. The number of carbonyl (C=O) groups is 1. The minimum Gasteiger partial charge on any atom is -0.326 e. The summed E-state index contributed by atoms with van der Waals surface area (Å²) in [4.78, 5) is 14.1. The number of likely N-dealkylation sites (tertiary alicyclic amines) is 1. The molecule has 0 radical (unpaired) electrons. The highest BCUT2D eigenvalue weighted by molar-refractivity contribution is 7.17. The lowest BCUT2D eigenvalue weighted by Crippen LogP contribution is -2.34. The Bertz CT molecular complexity index is 985. The first-order chi connectivity index (χ1) is 13.3. The van der Waals surface area contributed by atoms with Crippen LogP contribution in [0.4, 0.5) is 5.69 Å². The molecule has 27 heavy (non-hydrogen) atoms. The van der Waals surface area contributed by atoms with Gasteiger partial charge < -0.3 is 10.2 Å². The summed E-state index contributed by atoms with van der Waals surface area (Å²) in [5.74, 6) is 0.807. The molecule has 0 aliphatic carbocycles. The maximum Gasteiger partial charge on any atom is 0.228 e. The molecule has 1 fully saturated rings. The Kier molecular flexibility index (Phi) is 4.46. The molecule has 4 heteroatoms. The van der Waals surface area contributed by atoms with Gasteiger partial charge in [0.2, 0.25) is 5.91 Å². The second kappa shape index (κ2) is 7.10. The Labute approximate surface area is 164 Å². The molecule has 1 amide bonds. The Morgan fingerprint density at radius 3 is 2.89 bits per heavy atom. The normalized spacial score (nSPS) is 18.0. The number of nitrogens with zero attached hydrogens (tertiary/aromatic N) is 1. The van der Waals surface area contributed by atoms with E-state index < -0.39 is 0 Å². The number of piperidine rings is 1. The third-order valence-corrected chi connectivity index (χ3v) is 6.95. The fourth-order valence-corrected chi connectivity index (χ4v) is 5.39. The van der Waals surface area contributed by atoms with Crippen molar-refractivity contribution in [2.75, 3.05) is 25.0 Å². The van der Waals surface area contributed by atoms with Crippen LogP contribution in [0.2, 0.25) is 0 Å². The second-order valence-electron chi connectivity index (χ2n) is 7.76. The molecule has 2 aliphatic rings. The molecule has 5 rings (SSSR count). The number of anilines is 1. The summed E-state index contributed by atoms with van der Waals surface area (Å²) in [7, 11) is 0. The Morgan fingerprint density at radius 1 is 1.11 bits per heavy atom. The van der Waals surface area contributed by atoms with Crippen LogP contribution in [-0.4, -0.2) is 30.4 Å². The van der Waals surface area contributed by atoms with E-state index in [1.54, 1.807) is 5.56 Å². The molecule has 0 spiro atoms. The van der Waals surface area contributed by atoms with Crippen LogP contribution in [-0.2, 0) is 17.6 Å². The average molecular weight is 377 g/mol. The van der Waals surface area contributed by atoms with Crippen LogP contribution < -0.4 is 5.32 Å². The van der Waals surface area contributed by atoms with Gasteiger partial charge >= 0.3 is 0 Å². The summed E-state index contributed by atoms with van der Waals surface area (Å²) < 4.78 is 1.42. The van der Waals surface area contributed by atoms with Crippen molar-refractivity contribution in [3.05, 3.63) is 64.5 Å². The van der Waals surface area contributed by atoms with Gasteiger partial charge in [0.25, 0.3) is 0 Å². The summed E-state index contributed by atoms with van der Waals surface area (Å²) in [6.45, 7) is 3.46. The minimum atomic E-state index is 0.116. The van der Waals surface area contributed by atoms with Gasteiger partial charge in [0.1, 0.15) is 0 Å². The molecule has 3 aromatic rings. The van der Waals surface area contributed by atoms with E-state index >= 15 is 0 Å². The van der Waals surface area contributed by atoms with E-state index in [0.29, 0.717) is 12.3 Å². The SMILES string of the molecule is O=C1Cc2cc(CCN3CCC(c4cccc5sccc45)CC3)ccc2N1. The second-order valence-corrected chi connectivity index (χ2v) is 8.71. The summed E-state index contributed by atoms with van der Waals surface area (Å²) >= 11 is 1.84. The topological polar surface area (TPSA) is 32.3 Å². The Morgan fingerprint density at radius 2 is 2.00 bits per heavy atom. The van der Waals surface area contributed by atoms with Crippen molar-refractivity contribution in [3.63, 3.8) is 0 Å². The lowest BCUT2D eigenvalue weighted by Gasteiger charge is -2.32. The molecular formula is C23H24N2OS. The highest BCUT2D eigenvalue weighted by atomic mass is 32.1. The van der Waals surface area contributed by atoms with E-state index in [2.05, 4.69) is 58.1 Å². The lowest BCUT2D eigenvalue weighted by atomic mass is 9.87. The predicted octanol–water partition coefficient (Wildman–Crippen LogP) is 4.82. The number of hydrogen-bond donors (Lipinski definition) is 1. The lowest BCUT2D eigenvalue weighted by molar-refractivity contribution is -0.115. The monoisotopic (exact) mass is 376 g/mol. The minimum absolute atomic E-state index is 0.116.